The quantitative estimate of drug-likeness (QED) is 0.605. The van der Waals surface area contributed by atoms with Gasteiger partial charge in [0.2, 0.25) is 5.91 Å². The van der Waals surface area contributed by atoms with Crippen molar-refractivity contribution in [3.8, 4) is 6.07 Å². The highest BCUT2D eigenvalue weighted by molar-refractivity contribution is 5.79. The van der Waals surface area contributed by atoms with Gasteiger partial charge in [-0.3, -0.25) is 9.69 Å². The largest absolute Gasteiger partial charge is 0.379 e. The topological polar surface area (TPSA) is 79.3 Å². The van der Waals surface area contributed by atoms with Gasteiger partial charge in [0.05, 0.1) is 19.3 Å². The minimum absolute atomic E-state index is 0.426. The van der Waals surface area contributed by atoms with Crippen molar-refractivity contribution in [2.24, 2.45) is 11.7 Å². The minimum Gasteiger partial charge on any atom is -0.379 e. The number of primary amides is 1. The monoisotopic (exact) mass is 183 g/mol. The van der Waals surface area contributed by atoms with Gasteiger partial charge in [0.25, 0.3) is 0 Å². The smallest absolute Gasteiger partial charge is 0.236 e. The van der Waals surface area contributed by atoms with Crippen molar-refractivity contribution < 1.29 is 9.53 Å². The van der Waals surface area contributed by atoms with Crippen LogP contribution in [0.5, 0.6) is 0 Å². The van der Waals surface area contributed by atoms with Crippen molar-refractivity contribution in [3.63, 3.8) is 0 Å². The zero-order chi connectivity index (χ0) is 9.68. The lowest BCUT2D eigenvalue weighted by atomic mass is 10.1. The third-order valence-corrected chi connectivity index (χ3v) is 2.04. The summed E-state index contributed by atoms with van der Waals surface area (Å²) in [5.41, 5.74) is 5.05. The van der Waals surface area contributed by atoms with Gasteiger partial charge in [-0.15, -0.1) is 0 Å². The lowest BCUT2D eigenvalue weighted by Gasteiger charge is -2.27. The van der Waals surface area contributed by atoms with E-state index in [4.69, 9.17) is 15.7 Å². The predicted molar refractivity (Wildman–Crippen MR) is 45.6 cm³/mol. The lowest BCUT2D eigenvalue weighted by molar-refractivity contribution is -0.121. The molecular formula is C8H13N3O2. The molecule has 13 heavy (non-hydrogen) atoms. The average molecular weight is 183 g/mol. The number of nitrogens with zero attached hydrogens (tertiary/aromatic N) is 2. The summed E-state index contributed by atoms with van der Waals surface area (Å²) in [7, 11) is 0. The van der Waals surface area contributed by atoms with Crippen molar-refractivity contribution in [3.05, 3.63) is 0 Å². The standard InChI is InChI=1S/C8H13N3O2/c9-5-7(8(10)12)6-11-1-3-13-4-2-11/h7H,1-4,6H2,(H2,10,12). The number of hydrogen-bond acceptors (Lipinski definition) is 4. The third kappa shape index (κ3) is 3.01. The number of carbonyl (C=O) groups excluding carboxylic acids is 1. The van der Waals surface area contributed by atoms with Gasteiger partial charge in [-0.2, -0.15) is 5.26 Å². The highest BCUT2D eigenvalue weighted by Crippen LogP contribution is 2.02. The van der Waals surface area contributed by atoms with Crippen LogP contribution in [0.4, 0.5) is 0 Å². The first-order valence-electron chi connectivity index (χ1n) is 4.23. The molecule has 1 atom stereocenters. The Morgan fingerprint density at radius 3 is 2.69 bits per heavy atom. The summed E-state index contributed by atoms with van der Waals surface area (Å²) >= 11 is 0. The molecule has 0 bridgehead atoms. The normalized spacial score (nSPS) is 20.5. The van der Waals surface area contributed by atoms with Crippen LogP contribution in [0.3, 0.4) is 0 Å². The van der Waals surface area contributed by atoms with Gasteiger partial charge in [-0.1, -0.05) is 0 Å². The fourth-order valence-corrected chi connectivity index (χ4v) is 1.24. The molecule has 0 aromatic heterocycles. The van der Waals surface area contributed by atoms with E-state index in [-0.39, 0.29) is 0 Å². The molecule has 2 N–H and O–H groups in total. The molecule has 1 aliphatic heterocycles. The Morgan fingerprint density at radius 2 is 2.23 bits per heavy atom. The summed E-state index contributed by atoms with van der Waals surface area (Å²) < 4.78 is 5.13. The fraction of sp³-hybridized carbons (Fsp3) is 0.750. The summed E-state index contributed by atoms with van der Waals surface area (Å²) in [5.74, 6) is -1.24. The second-order valence-corrected chi connectivity index (χ2v) is 3.00. The molecule has 0 aromatic rings. The van der Waals surface area contributed by atoms with Gasteiger partial charge in [0, 0.05) is 19.6 Å². The summed E-state index contributed by atoms with van der Waals surface area (Å²) in [6.07, 6.45) is 0. The van der Waals surface area contributed by atoms with Gasteiger partial charge in [0.15, 0.2) is 0 Å². The van der Waals surface area contributed by atoms with Crippen LogP contribution < -0.4 is 5.73 Å². The van der Waals surface area contributed by atoms with E-state index in [2.05, 4.69) is 0 Å². The maximum absolute atomic E-state index is 10.7. The third-order valence-electron chi connectivity index (χ3n) is 2.04. The Morgan fingerprint density at radius 1 is 1.62 bits per heavy atom. The van der Waals surface area contributed by atoms with Gasteiger partial charge in [0.1, 0.15) is 5.92 Å². The number of hydrogen-bond donors (Lipinski definition) is 1. The van der Waals surface area contributed by atoms with Crippen LogP contribution in [-0.2, 0) is 9.53 Å². The van der Waals surface area contributed by atoms with Crippen LogP contribution >= 0.6 is 0 Å². The van der Waals surface area contributed by atoms with E-state index in [0.717, 1.165) is 13.1 Å². The number of morpholine rings is 1. The Kier molecular flexibility index (Phi) is 3.68. The van der Waals surface area contributed by atoms with Gasteiger partial charge >= 0.3 is 0 Å². The number of ether oxygens (including phenoxy) is 1. The van der Waals surface area contributed by atoms with Gasteiger partial charge < -0.3 is 10.5 Å². The number of nitrogens with two attached hydrogens (primary N) is 1. The predicted octanol–water partition coefficient (Wildman–Crippen LogP) is -1.06. The molecule has 1 unspecified atom stereocenters. The zero-order valence-electron chi connectivity index (χ0n) is 7.40. The van der Waals surface area contributed by atoms with Crippen molar-refractivity contribution in [1.82, 2.24) is 4.90 Å². The molecule has 1 aliphatic rings. The Bertz CT molecular complexity index is 218. The van der Waals surface area contributed by atoms with E-state index >= 15 is 0 Å². The van der Waals surface area contributed by atoms with Crippen molar-refractivity contribution in [2.75, 3.05) is 32.8 Å². The lowest BCUT2D eigenvalue weighted by Crippen LogP contribution is -2.42. The molecular weight excluding hydrogens is 170 g/mol. The molecule has 0 aromatic carbocycles. The van der Waals surface area contributed by atoms with Crippen LogP contribution in [0.1, 0.15) is 0 Å². The van der Waals surface area contributed by atoms with Crippen LogP contribution in [0, 0.1) is 17.2 Å². The molecule has 72 valence electrons. The minimum atomic E-state index is -0.696. The molecule has 5 heteroatoms. The SMILES string of the molecule is N#CC(CN1CCOCC1)C(N)=O. The van der Waals surface area contributed by atoms with E-state index in [9.17, 15) is 4.79 Å². The maximum atomic E-state index is 10.7. The van der Waals surface area contributed by atoms with Crippen molar-refractivity contribution in [2.45, 2.75) is 0 Å². The molecule has 1 fully saturated rings. The summed E-state index contributed by atoms with van der Waals surface area (Å²) in [4.78, 5) is 12.8. The highest BCUT2D eigenvalue weighted by atomic mass is 16.5. The Balaban J connectivity index is 2.37. The molecule has 0 saturated carbocycles. The van der Waals surface area contributed by atoms with Crippen molar-refractivity contribution in [1.29, 1.82) is 5.26 Å². The molecule has 0 radical (unpaired) electrons. The van der Waals surface area contributed by atoms with Crippen LogP contribution in [0.2, 0.25) is 0 Å². The zero-order valence-corrected chi connectivity index (χ0v) is 7.40. The van der Waals surface area contributed by atoms with E-state index in [0.29, 0.717) is 19.8 Å². The van der Waals surface area contributed by atoms with E-state index < -0.39 is 11.8 Å². The van der Waals surface area contributed by atoms with E-state index in [1.807, 2.05) is 11.0 Å². The maximum Gasteiger partial charge on any atom is 0.236 e. The summed E-state index contributed by atoms with van der Waals surface area (Å²) in [5, 5.41) is 8.62. The number of carbonyl (C=O) groups is 1. The second kappa shape index (κ2) is 4.80. The summed E-state index contributed by atoms with van der Waals surface area (Å²) in [6.45, 7) is 3.29. The number of rotatable bonds is 3. The Labute approximate surface area is 77.1 Å². The van der Waals surface area contributed by atoms with E-state index in [1.54, 1.807) is 0 Å². The molecule has 0 spiro atoms. The fourth-order valence-electron chi connectivity index (χ4n) is 1.24. The summed E-state index contributed by atoms with van der Waals surface area (Å²) in [6, 6.07) is 1.89. The molecule has 0 aliphatic carbocycles. The molecule has 1 rings (SSSR count). The van der Waals surface area contributed by atoms with Crippen LogP contribution in [-0.4, -0.2) is 43.7 Å². The molecule has 1 heterocycles. The van der Waals surface area contributed by atoms with Crippen LogP contribution in [0.25, 0.3) is 0 Å². The highest BCUT2D eigenvalue weighted by Gasteiger charge is 2.20. The van der Waals surface area contributed by atoms with Crippen molar-refractivity contribution >= 4 is 5.91 Å². The first-order chi connectivity index (χ1) is 6.24. The first kappa shape index (κ1) is 9.96. The number of amides is 1. The van der Waals surface area contributed by atoms with Gasteiger partial charge in [-0.05, 0) is 0 Å². The second-order valence-electron chi connectivity index (χ2n) is 3.00. The van der Waals surface area contributed by atoms with Crippen LogP contribution in [0.15, 0.2) is 0 Å². The molecule has 1 saturated heterocycles. The number of nitriles is 1. The molecule has 1 amide bonds. The Hall–Kier alpha value is -1.12. The first-order valence-corrected chi connectivity index (χ1v) is 4.23. The van der Waals surface area contributed by atoms with E-state index in [1.165, 1.54) is 0 Å². The average Bonchev–Trinajstić information content (AvgIpc) is 2.15. The van der Waals surface area contributed by atoms with Gasteiger partial charge in [-0.25, -0.2) is 0 Å². The molecule has 5 nitrogen and oxygen atoms in total.